The number of hydrogen-bond acceptors (Lipinski definition) is 3. The SMILES string of the molecule is N#Cc1ccc(NC(=O)C2CCCCCC2N)cc1. The first-order valence-corrected chi connectivity index (χ1v) is 6.77. The van der Waals surface area contributed by atoms with Gasteiger partial charge in [0, 0.05) is 11.7 Å². The lowest BCUT2D eigenvalue weighted by atomic mass is 9.94. The fraction of sp³-hybridized carbons (Fsp3) is 0.467. The highest BCUT2D eigenvalue weighted by molar-refractivity contribution is 5.93. The van der Waals surface area contributed by atoms with Crippen LogP contribution in [0.15, 0.2) is 24.3 Å². The Morgan fingerprint density at radius 1 is 1.21 bits per heavy atom. The highest BCUT2D eigenvalue weighted by Crippen LogP contribution is 2.23. The molecule has 0 heterocycles. The molecule has 3 N–H and O–H groups in total. The van der Waals surface area contributed by atoms with Gasteiger partial charge in [0.05, 0.1) is 17.6 Å². The van der Waals surface area contributed by atoms with Crippen molar-refractivity contribution in [2.75, 3.05) is 5.32 Å². The molecule has 2 unspecified atom stereocenters. The summed E-state index contributed by atoms with van der Waals surface area (Å²) in [5.74, 6) is -0.0998. The Kier molecular flexibility index (Phi) is 4.53. The molecule has 0 aliphatic heterocycles. The molecule has 1 amide bonds. The molecule has 1 aromatic carbocycles. The van der Waals surface area contributed by atoms with Gasteiger partial charge >= 0.3 is 0 Å². The van der Waals surface area contributed by atoms with Crippen LogP contribution in [0.3, 0.4) is 0 Å². The predicted molar refractivity (Wildman–Crippen MR) is 74.3 cm³/mol. The second kappa shape index (κ2) is 6.35. The van der Waals surface area contributed by atoms with E-state index in [1.54, 1.807) is 24.3 Å². The van der Waals surface area contributed by atoms with Crippen LogP contribution in [0.4, 0.5) is 5.69 Å². The third kappa shape index (κ3) is 3.55. The summed E-state index contributed by atoms with van der Waals surface area (Å²) in [7, 11) is 0. The molecule has 4 heteroatoms. The molecular weight excluding hydrogens is 238 g/mol. The van der Waals surface area contributed by atoms with Crippen LogP contribution in [-0.2, 0) is 4.79 Å². The van der Waals surface area contributed by atoms with Gasteiger partial charge in [-0.2, -0.15) is 5.26 Å². The van der Waals surface area contributed by atoms with Crippen molar-refractivity contribution in [3.63, 3.8) is 0 Å². The minimum atomic E-state index is -0.0989. The Hall–Kier alpha value is -1.86. The van der Waals surface area contributed by atoms with Crippen molar-refractivity contribution in [3.05, 3.63) is 29.8 Å². The smallest absolute Gasteiger partial charge is 0.229 e. The van der Waals surface area contributed by atoms with Crippen molar-refractivity contribution in [3.8, 4) is 6.07 Å². The van der Waals surface area contributed by atoms with Gasteiger partial charge in [-0.15, -0.1) is 0 Å². The molecule has 19 heavy (non-hydrogen) atoms. The first-order valence-electron chi connectivity index (χ1n) is 6.77. The third-order valence-electron chi connectivity index (χ3n) is 3.69. The Balaban J connectivity index is 2.00. The lowest BCUT2D eigenvalue weighted by Gasteiger charge is -2.20. The summed E-state index contributed by atoms with van der Waals surface area (Å²) < 4.78 is 0. The van der Waals surface area contributed by atoms with E-state index in [2.05, 4.69) is 11.4 Å². The van der Waals surface area contributed by atoms with Crippen molar-refractivity contribution < 1.29 is 4.79 Å². The maximum Gasteiger partial charge on any atom is 0.229 e. The largest absolute Gasteiger partial charge is 0.327 e. The van der Waals surface area contributed by atoms with Crippen LogP contribution in [0, 0.1) is 17.2 Å². The number of carbonyl (C=O) groups excluding carboxylic acids is 1. The quantitative estimate of drug-likeness (QED) is 0.798. The van der Waals surface area contributed by atoms with Gasteiger partial charge in [-0.3, -0.25) is 4.79 Å². The van der Waals surface area contributed by atoms with E-state index >= 15 is 0 Å². The van der Waals surface area contributed by atoms with Gasteiger partial charge < -0.3 is 11.1 Å². The highest BCUT2D eigenvalue weighted by atomic mass is 16.1. The Morgan fingerprint density at radius 3 is 2.58 bits per heavy atom. The molecule has 1 aliphatic carbocycles. The third-order valence-corrected chi connectivity index (χ3v) is 3.69. The summed E-state index contributed by atoms with van der Waals surface area (Å²) in [5.41, 5.74) is 7.39. The van der Waals surface area contributed by atoms with E-state index in [1.807, 2.05) is 0 Å². The molecule has 0 saturated heterocycles. The molecule has 2 rings (SSSR count). The van der Waals surface area contributed by atoms with E-state index in [-0.39, 0.29) is 17.9 Å². The summed E-state index contributed by atoms with van der Waals surface area (Å²) >= 11 is 0. The zero-order valence-electron chi connectivity index (χ0n) is 10.9. The molecule has 0 aromatic heterocycles. The maximum atomic E-state index is 12.2. The monoisotopic (exact) mass is 257 g/mol. The minimum absolute atomic E-state index is 0.000826. The summed E-state index contributed by atoms with van der Waals surface area (Å²) in [5, 5.41) is 11.6. The molecule has 100 valence electrons. The van der Waals surface area contributed by atoms with Crippen LogP contribution in [0.1, 0.15) is 37.7 Å². The van der Waals surface area contributed by atoms with E-state index in [0.717, 1.165) is 37.8 Å². The van der Waals surface area contributed by atoms with Crippen LogP contribution in [0.2, 0.25) is 0 Å². The fourth-order valence-electron chi connectivity index (χ4n) is 2.52. The average molecular weight is 257 g/mol. The van der Waals surface area contributed by atoms with Gasteiger partial charge in [0.1, 0.15) is 0 Å². The van der Waals surface area contributed by atoms with E-state index in [4.69, 9.17) is 11.0 Å². The number of nitrogens with zero attached hydrogens (tertiary/aromatic N) is 1. The van der Waals surface area contributed by atoms with E-state index < -0.39 is 0 Å². The Morgan fingerprint density at radius 2 is 1.89 bits per heavy atom. The Bertz CT molecular complexity index is 475. The number of carbonyl (C=O) groups is 1. The molecule has 4 nitrogen and oxygen atoms in total. The van der Waals surface area contributed by atoms with Crippen LogP contribution >= 0.6 is 0 Å². The molecule has 0 spiro atoms. The van der Waals surface area contributed by atoms with Crippen molar-refractivity contribution >= 4 is 11.6 Å². The van der Waals surface area contributed by atoms with Gasteiger partial charge in [-0.25, -0.2) is 0 Å². The number of amides is 1. The van der Waals surface area contributed by atoms with Crippen LogP contribution < -0.4 is 11.1 Å². The molecule has 0 radical (unpaired) electrons. The minimum Gasteiger partial charge on any atom is -0.327 e. The average Bonchev–Trinajstić information content (AvgIpc) is 2.64. The summed E-state index contributed by atoms with van der Waals surface area (Å²) in [6.07, 6.45) is 5.13. The van der Waals surface area contributed by atoms with Gasteiger partial charge in [0.2, 0.25) is 5.91 Å². The second-order valence-electron chi connectivity index (χ2n) is 5.09. The van der Waals surface area contributed by atoms with Gasteiger partial charge in [0.15, 0.2) is 0 Å². The molecule has 1 saturated carbocycles. The number of nitrogens with two attached hydrogens (primary N) is 1. The lowest BCUT2D eigenvalue weighted by molar-refractivity contribution is -0.120. The van der Waals surface area contributed by atoms with E-state index in [1.165, 1.54) is 0 Å². The molecular formula is C15H19N3O. The number of rotatable bonds is 2. The zero-order valence-corrected chi connectivity index (χ0v) is 10.9. The highest BCUT2D eigenvalue weighted by Gasteiger charge is 2.26. The van der Waals surface area contributed by atoms with E-state index in [0.29, 0.717) is 5.56 Å². The van der Waals surface area contributed by atoms with Crippen molar-refractivity contribution in [1.29, 1.82) is 5.26 Å². The van der Waals surface area contributed by atoms with Crippen LogP contribution in [0.25, 0.3) is 0 Å². The Labute approximate surface area is 113 Å². The summed E-state index contributed by atoms with van der Waals surface area (Å²) in [6.45, 7) is 0. The second-order valence-corrected chi connectivity index (χ2v) is 5.09. The number of nitriles is 1. The van der Waals surface area contributed by atoms with E-state index in [9.17, 15) is 4.79 Å². The van der Waals surface area contributed by atoms with Crippen LogP contribution in [0.5, 0.6) is 0 Å². The molecule has 1 aliphatic rings. The normalized spacial score (nSPS) is 23.2. The van der Waals surface area contributed by atoms with Gasteiger partial charge in [0.25, 0.3) is 0 Å². The fourth-order valence-corrected chi connectivity index (χ4v) is 2.52. The van der Waals surface area contributed by atoms with Gasteiger partial charge in [-0.05, 0) is 37.1 Å². The zero-order chi connectivity index (χ0) is 13.7. The number of nitrogens with one attached hydrogen (secondary N) is 1. The standard InChI is InChI=1S/C15H19N3O/c16-10-11-6-8-12(9-7-11)18-15(19)13-4-2-1-3-5-14(13)17/h6-9,13-14H,1-5,17H2,(H,18,19). The number of hydrogen-bond donors (Lipinski definition) is 2. The first kappa shape index (κ1) is 13.6. The van der Waals surface area contributed by atoms with Crippen LogP contribution in [-0.4, -0.2) is 11.9 Å². The topological polar surface area (TPSA) is 78.9 Å². The van der Waals surface area contributed by atoms with Gasteiger partial charge in [-0.1, -0.05) is 19.3 Å². The summed E-state index contributed by atoms with van der Waals surface area (Å²) in [4.78, 5) is 12.2. The lowest BCUT2D eigenvalue weighted by Crippen LogP contribution is -2.37. The number of anilines is 1. The molecule has 1 fully saturated rings. The predicted octanol–water partition coefficient (Wildman–Crippen LogP) is 2.40. The molecule has 1 aromatic rings. The molecule has 0 bridgehead atoms. The summed E-state index contributed by atoms with van der Waals surface area (Å²) in [6, 6.07) is 8.90. The maximum absolute atomic E-state index is 12.2. The van der Waals surface area contributed by atoms with Crippen molar-refractivity contribution in [1.82, 2.24) is 0 Å². The molecule has 2 atom stereocenters. The van der Waals surface area contributed by atoms with Crippen molar-refractivity contribution in [2.45, 2.75) is 38.1 Å². The van der Waals surface area contributed by atoms with Crippen molar-refractivity contribution in [2.24, 2.45) is 11.7 Å². The first-order chi connectivity index (χ1) is 9.20. The number of benzene rings is 1.